The van der Waals surface area contributed by atoms with E-state index in [1.54, 1.807) is 24.3 Å². The molecule has 0 aliphatic heterocycles. The van der Waals surface area contributed by atoms with Crippen LogP contribution in [-0.4, -0.2) is 29.9 Å². The summed E-state index contributed by atoms with van der Waals surface area (Å²) in [5, 5.41) is 12.6. The van der Waals surface area contributed by atoms with Crippen molar-refractivity contribution in [2.45, 2.75) is 19.3 Å². The molecule has 0 heterocycles. The van der Waals surface area contributed by atoms with Crippen molar-refractivity contribution in [3.63, 3.8) is 0 Å². The molecule has 130 valence electrons. The maximum Gasteiger partial charge on any atom is 0.341 e. The van der Waals surface area contributed by atoms with Gasteiger partial charge in [-0.15, -0.1) is 0 Å². The van der Waals surface area contributed by atoms with Crippen molar-refractivity contribution in [2.75, 3.05) is 12.4 Å². The van der Waals surface area contributed by atoms with Gasteiger partial charge >= 0.3 is 5.97 Å². The van der Waals surface area contributed by atoms with Crippen molar-refractivity contribution >= 4 is 23.3 Å². The van der Waals surface area contributed by atoms with Gasteiger partial charge in [-0.05, 0) is 18.6 Å². The molecule has 2 aromatic rings. The van der Waals surface area contributed by atoms with Crippen LogP contribution >= 0.6 is 0 Å². The van der Waals surface area contributed by atoms with E-state index >= 15 is 0 Å². The molecule has 2 N–H and O–H groups in total. The summed E-state index contributed by atoms with van der Waals surface area (Å²) in [6.45, 7) is 0. The number of ether oxygens (including phenoxy) is 1. The van der Waals surface area contributed by atoms with Crippen LogP contribution in [0.1, 0.15) is 40.0 Å². The fourth-order valence-corrected chi connectivity index (χ4v) is 2.31. The summed E-state index contributed by atoms with van der Waals surface area (Å²) < 4.78 is 4.56. The van der Waals surface area contributed by atoms with Gasteiger partial charge in [-0.25, -0.2) is 4.79 Å². The number of nitrogens with one attached hydrogen (secondary N) is 1. The fraction of sp³-hybridized carbons (Fsp3) is 0.211. The molecule has 0 aliphatic carbocycles. The van der Waals surface area contributed by atoms with Crippen LogP contribution in [0.15, 0.2) is 48.5 Å². The first-order valence-electron chi connectivity index (χ1n) is 7.81. The number of ketones is 1. The Kier molecular flexibility index (Phi) is 6.28. The number of benzene rings is 2. The smallest absolute Gasteiger partial charge is 0.341 e. The highest BCUT2D eigenvalue weighted by molar-refractivity contribution is 5.99. The summed E-state index contributed by atoms with van der Waals surface area (Å²) in [5.74, 6) is -1.41. The first-order valence-corrected chi connectivity index (χ1v) is 7.81. The maximum atomic E-state index is 12.0. The van der Waals surface area contributed by atoms with Gasteiger partial charge in [0.1, 0.15) is 5.56 Å². The molecule has 6 heteroatoms. The van der Waals surface area contributed by atoms with Gasteiger partial charge in [0.15, 0.2) is 11.5 Å². The van der Waals surface area contributed by atoms with Gasteiger partial charge in [-0.1, -0.05) is 36.4 Å². The monoisotopic (exact) mass is 341 g/mol. The van der Waals surface area contributed by atoms with Crippen LogP contribution in [-0.2, 0) is 9.53 Å². The summed E-state index contributed by atoms with van der Waals surface area (Å²) in [4.78, 5) is 35.5. The highest BCUT2D eigenvalue weighted by Crippen LogP contribution is 2.28. The van der Waals surface area contributed by atoms with Gasteiger partial charge < -0.3 is 15.2 Å². The van der Waals surface area contributed by atoms with Crippen molar-refractivity contribution in [1.82, 2.24) is 0 Å². The number of phenolic OH excluding ortho intramolecular Hbond substituents is 1. The van der Waals surface area contributed by atoms with Gasteiger partial charge in [0, 0.05) is 18.4 Å². The molecule has 0 spiro atoms. The molecule has 0 aliphatic rings. The van der Waals surface area contributed by atoms with E-state index in [-0.39, 0.29) is 41.5 Å². The Morgan fingerprint density at radius 2 is 1.72 bits per heavy atom. The van der Waals surface area contributed by atoms with E-state index in [0.717, 1.165) is 0 Å². The molecule has 6 nitrogen and oxygen atoms in total. The molecule has 0 saturated heterocycles. The van der Waals surface area contributed by atoms with Crippen LogP contribution in [0.4, 0.5) is 5.69 Å². The second-order valence-electron chi connectivity index (χ2n) is 5.38. The Labute approximate surface area is 145 Å². The minimum absolute atomic E-state index is 0.0241. The number of para-hydroxylation sites is 1. The number of esters is 1. The minimum atomic E-state index is -0.693. The molecule has 0 unspecified atom stereocenters. The number of amides is 1. The predicted octanol–water partition coefficient (Wildman–Crippen LogP) is 3.17. The van der Waals surface area contributed by atoms with E-state index in [1.165, 1.54) is 25.3 Å². The van der Waals surface area contributed by atoms with Gasteiger partial charge in [-0.3, -0.25) is 9.59 Å². The van der Waals surface area contributed by atoms with Crippen LogP contribution in [0.2, 0.25) is 0 Å². The largest absolute Gasteiger partial charge is 0.505 e. The van der Waals surface area contributed by atoms with E-state index in [0.29, 0.717) is 12.0 Å². The second kappa shape index (κ2) is 8.63. The number of carbonyl (C=O) groups excluding carboxylic acids is 3. The summed E-state index contributed by atoms with van der Waals surface area (Å²) in [6, 6.07) is 13.3. The van der Waals surface area contributed by atoms with E-state index in [2.05, 4.69) is 10.1 Å². The second-order valence-corrected chi connectivity index (χ2v) is 5.38. The Morgan fingerprint density at radius 1 is 1.00 bits per heavy atom. The standard InChI is InChI=1S/C19H19NO5/c1-25-19(24)14-9-5-10-15(18(14)23)20-17(22)12-6-11-16(21)13-7-3-2-4-8-13/h2-5,7-10,23H,6,11-12H2,1H3,(H,20,22). The molecule has 2 aromatic carbocycles. The summed E-state index contributed by atoms with van der Waals surface area (Å²) in [5.41, 5.74) is 0.716. The van der Waals surface area contributed by atoms with Crippen molar-refractivity contribution in [2.24, 2.45) is 0 Å². The highest BCUT2D eigenvalue weighted by atomic mass is 16.5. The van der Waals surface area contributed by atoms with E-state index in [4.69, 9.17) is 0 Å². The Balaban J connectivity index is 1.89. The third-order valence-electron chi connectivity index (χ3n) is 3.62. The topological polar surface area (TPSA) is 92.7 Å². The van der Waals surface area contributed by atoms with E-state index < -0.39 is 5.97 Å². The number of phenols is 1. The maximum absolute atomic E-state index is 12.0. The van der Waals surface area contributed by atoms with E-state index in [1.807, 2.05) is 6.07 Å². The number of Topliss-reactive ketones (excluding diaryl/α,β-unsaturated/α-hetero) is 1. The summed E-state index contributed by atoms with van der Waals surface area (Å²) >= 11 is 0. The number of rotatable bonds is 7. The Hall–Kier alpha value is -3.15. The lowest BCUT2D eigenvalue weighted by molar-refractivity contribution is -0.116. The minimum Gasteiger partial charge on any atom is -0.505 e. The average Bonchev–Trinajstić information content (AvgIpc) is 2.63. The van der Waals surface area contributed by atoms with Crippen LogP contribution in [0.5, 0.6) is 5.75 Å². The lowest BCUT2D eigenvalue weighted by Gasteiger charge is -2.10. The summed E-state index contributed by atoms with van der Waals surface area (Å²) in [7, 11) is 1.21. The molecule has 2 rings (SSSR count). The molecule has 0 aromatic heterocycles. The van der Waals surface area contributed by atoms with Gasteiger partial charge in [0.25, 0.3) is 0 Å². The lowest BCUT2D eigenvalue weighted by Crippen LogP contribution is -2.13. The molecule has 0 radical (unpaired) electrons. The lowest BCUT2D eigenvalue weighted by atomic mass is 10.1. The molecule has 0 saturated carbocycles. The first-order chi connectivity index (χ1) is 12.0. The average molecular weight is 341 g/mol. The molecule has 0 bridgehead atoms. The fourth-order valence-electron chi connectivity index (χ4n) is 2.31. The third-order valence-corrected chi connectivity index (χ3v) is 3.62. The third kappa shape index (κ3) is 4.91. The Morgan fingerprint density at radius 3 is 2.40 bits per heavy atom. The normalized spacial score (nSPS) is 10.1. The van der Waals surface area contributed by atoms with E-state index in [9.17, 15) is 19.5 Å². The van der Waals surface area contributed by atoms with Crippen molar-refractivity contribution < 1.29 is 24.2 Å². The number of hydrogen-bond donors (Lipinski definition) is 2. The van der Waals surface area contributed by atoms with Crippen LogP contribution in [0.25, 0.3) is 0 Å². The number of aromatic hydroxyl groups is 1. The van der Waals surface area contributed by atoms with Crippen molar-refractivity contribution in [3.8, 4) is 5.75 Å². The summed E-state index contributed by atoms with van der Waals surface area (Å²) in [6.07, 6.45) is 0.767. The first kappa shape index (κ1) is 18.2. The molecule has 0 atom stereocenters. The highest BCUT2D eigenvalue weighted by Gasteiger charge is 2.16. The predicted molar refractivity (Wildman–Crippen MR) is 92.7 cm³/mol. The van der Waals surface area contributed by atoms with Gasteiger partial charge in [0.05, 0.1) is 12.8 Å². The number of carbonyl (C=O) groups is 3. The van der Waals surface area contributed by atoms with Crippen LogP contribution in [0.3, 0.4) is 0 Å². The molecular weight excluding hydrogens is 322 g/mol. The van der Waals surface area contributed by atoms with Gasteiger partial charge in [-0.2, -0.15) is 0 Å². The molecule has 1 amide bonds. The molecular formula is C19H19NO5. The quantitative estimate of drug-likeness (QED) is 0.458. The zero-order valence-electron chi connectivity index (χ0n) is 13.8. The zero-order chi connectivity index (χ0) is 18.2. The Bertz CT molecular complexity index is 771. The van der Waals surface area contributed by atoms with Crippen molar-refractivity contribution in [3.05, 3.63) is 59.7 Å². The zero-order valence-corrected chi connectivity index (χ0v) is 13.8. The number of anilines is 1. The number of hydrogen-bond acceptors (Lipinski definition) is 5. The molecule has 0 fully saturated rings. The number of methoxy groups -OCH3 is 1. The SMILES string of the molecule is COC(=O)c1cccc(NC(=O)CCCC(=O)c2ccccc2)c1O. The van der Waals surface area contributed by atoms with Gasteiger partial charge in [0.2, 0.25) is 5.91 Å². The van der Waals surface area contributed by atoms with Crippen molar-refractivity contribution in [1.29, 1.82) is 0 Å². The molecule has 25 heavy (non-hydrogen) atoms. The van der Waals surface area contributed by atoms with Crippen LogP contribution < -0.4 is 5.32 Å². The van der Waals surface area contributed by atoms with Crippen LogP contribution in [0, 0.1) is 0 Å².